The highest BCUT2D eigenvalue weighted by Crippen LogP contribution is 2.03. The van der Waals surface area contributed by atoms with Gasteiger partial charge in [-0.25, -0.2) is 0 Å². The lowest BCUT2D eigenvalue weighted by atomic mass is 10.1. The largest absolute Gasteiger partial charge is 0.0859 e. The Morgan fingerprint density at radius 2 is 1.70 bits per heavy atom. The van der Waals surface area contributed by atoms with E-state index in [4.69, 9.17) is 0 Å². The fourth-order valence-electron chi connectivity index (χ4n) is 0.884. The molecule has 0 saturated carbocycles. The average molecular weight is 139 g/mol. The second kappa shape index (κ2) is 6.85. The number of allylic oxidation sites excluding steroid dienone is 2. The van der Waals surface area contributed by atoms with Crippen molar-refractivity contribution >= 4 is 0 Å². The maximum atomic E-state index is 2.32. The first kappa shape index (κ1) is 9.74. The normalized spacial score (nSPS) is 9.50. The zero-order valence-corrected chi connectivity index (χ0v) is 7.48. The van der Waals surface area contributed by atoms with Crippen molar-refractivity contribution in [3.8, 4) is 0 Å². The first-order valence-corrected chi connectivity index (χ1v) is 4.18. The third-order valence-corrected chi connectivity index (χ3v) is 1.50. The van der Waals surface area contributed by atoms with Crippen LogP contribution in [0.1, 0.15) is 46.5 Å². The Hall–Kier alpha value is -0.260. The van der Waals surface area contributed by atoms with Crippen molar-refractivity contribution in [3.63, 3.8) is 0 Å². The minimum Gasteiger partial charge on any atom is -0.0859 e. The van der Waals surface area contributed by atoms with Gasteiger partial charge in [0.15, 0.2) is 0 Å². The smallest absolute Gasteiger partial charge is 0.0348 e. The Morgan fingerprint density at radius 3 is 2.20 bits per heavy atom. The van der Waals surface area contributed by atoms with E-state index in [2.05, 4.69) is 33.3 Å². The monoisotopic (exact) mass is 139 g/mol. The number of unbranched alkanes of at least 4 members (excludes halogenated alkanes) is 4. The van der Waals surface area contributed by atoms with Crippen LogP contribution in [-0.4, -0.2) is 0 Å². The summed E-state index contributed by atoms with van der Waals surface area (Å²) >= 11 is 0. The van der Waals surface area contributed by atoms with E-state index in [1.807, 2.05) is 0 Å². The fourth-order valence-corrected chi connectivity index (χ4v) is 0.884. The second-order valence-corrected chi connectivity index (χ2v) is 2.97. The van der Waals surface area contributed by atoms with Crippen LogP contribution in [0.15, 0.2) is 11.6 Å². The molecular weight excluding hydrogens is 120 g/mol. The van der Waals surface area contributed by atoms with Crippen LogP contribution in [-0.2, 0) is 0 Å². The Morgan fingerprint density at radius 1 is 1.10 bits per heavy atom. The molecule has 0 aliphatic heterocycles. The summed E-state index contributed by atoms with van der Waals surface area (Å²) in [6.07, 6.45) is 9.78. The number of rotatable bonds is 5. The quantitative estimate of drug-likeness (QED) is 0.402. The van der Waals surface area contributed by atoms with Crippen molar-refractivity contribution in [2.45, 2.75) is 46.5 Å². The van der Waals surface area contributed by atoms with Crippen LogP contribution >= 0.6 is 0 Å². The summed E-state index contributed by atoms with van der Waals surface area (Å²) in [5.41, 5.74) is 1.44. The standard InChI is InChI=1S/C10H19/c1-4-5-6-7-8-9-10(2)3/h4,9H,5-8H2,1-3H3. The highest BCUT2D eigenvalue weighted by Gasteiger charge is 1.84. The van der Waals surface area contributed by atoms with Gasteiger partial charge >= 0.3 is 0 Å². The Kier molecular flexibility index (Phi) is 6.68. The van der Waals surface area contributed by atoms with Crippen molar-refractivity contribution in [2.24, 2.45) is 0 Å². The summed E-state index contributed by atoms with van der Waals surface area (Å²) in [6.45, 7) is 6.44. The third-order valence-electron chi connectivity index (χ3n) is 1.50. The van der Waals surface area contributed by atoms with Crippen LogP contribution in [0.4, 0.5) is 0 Å². The molecule has 59 valence electrons. The SMILES string of the molecule is C[CH]CCCCC=C(C)C. The van der Waals surface area contributed by atoms with E-state index in [0.717, 1.165) is 0 Å². The Labute approximate surface area is 65.3 Å². The molecule has 0 aromatic carbocycles. The topological polar surface area (TPSA) is 0 Å². The molecule has 0 fully saturated rings. The predicted octanol–water partition coefficient (Wildman–Crippen LogP) is 3.74. The molecule has 0 amide bonds. The molecule has 0 aliphatic rings. The van der Waals surface area contributed by atoms with Crippen molar-refractivity contribution in [1.29, 1.82) is 0 Å². The van der Waals surface area contributed by atoms with Crippen LogP contribution in [0.25, 0.3) is 0 Å². The third kappa shape index (κ3) is 7.74. The van der Waals surface area contributed by atoms with Crippen molar-refractivity contribution in [1.82, 2.24) is 0 Å². The van der Waals surface area contributed by atoms with Gasteiger partial charge in [0, 0.05) is 0 Å². The average Bonchev–Trinajstić information content (AvgIpc) is 1.87. The molecule has 0 aromatic rings. The molecule has 0 heterocycles. The lowest BCUT2D eigenvalue weighted by Crippen LogP contribution is -1.75. The van der Waals surface area contributed by atoms with Crippen LogP contribution in [0.2, 0.25) is 0 Å². The van der Waals surface area contributed by atoms with E-state index < -0.39 is 0 Å². The number of hydrogen-bond acceptors (Lipinski definition) is 0. The van der Waals surface area contributed by atoms with Gasteiger partial charge in [-0.15, -0.1) is 0 Å². The van der Waals surface area contributed by atoms with Gasteiger partial charge in [-0.1, -0.05) is 31.4 Å². The van der Waals surface area contributed by atoms with Crippen molar-refractivity contribution < 1.29 is 0 Å². The van der Waals surface area contributed by atoms with Gasteiger partial charge in [-0.3, -0.25) is 0 Å². The minimum atomic E-state index is 1.26. The lowest BCUT2D eigenvalue weighted by molar-refractivity contribution is 0.737. The Bertz CT molecular complexity index is 86.2. The summed E-state index contributed by atoms with van der Waals surface area (Å²) < 4.78 is 0. The molecular formula is C10H19. The van der Waals surface area contributed by atoms with Crippen LogP contribution in [0.3, 0.4) is 0 Å². The highest BCUT2D eigenvalue weighted by molar-refractivity contribution is 4.92. The van der Waals surface area contributed by atoms with E-state index in [-0.39, 0.29) is 0 Å². The summed E-state index contributed by atoms with van der Waals surface area (Å²) in [6, 6.07) is 0. The second-order valence-electron chi connectivity index (χ2n) is 2.97. The van der Waals surface area contributed by atoms with E-state index >= 15 is 0 Å². The molecule has 0 saturated heterocycles. The van der Waals surface area contributed by atoms with Crippen LogP contribution in [0, 0.1) is 6.42 Å². The van der Waals surface area contributed by atoms with Gasteiger partial charge in [-0.2, -0.15) is 0 Å². The van der Waals surface area contributed by atoms with Gasteiger partial charge in [0.2, 0.25) is 0 Å². The van der Waals surface area contributed by atoms with E-state index in [9.17, 15) is 0 Å². The maximum Gasteiger partial charge on any atom is -0.0348 e. The van der Waals surface area contributed by atoms with Gasteiger partial charge in [0.25, 0.3) is 0 Å². The van der Waals surface area contributed by atoms with Gasteiger partial charge < -0.3 is 0 Å². The molecule has 0 atom stereocenters. The first-order valence-electron chi connectivity index (χ1n) is 4.18. The summed E-state index contributed by atoms with van der Waals surface area (Å²) in [5.74, 6) is 0. The molecule has 0 heteroatoms. The van der Waals surface area contributed by atoms with Crippen molar-refractivity contribution in [2.75, 3.05) is 0 Å². The molecule has 10 heavy (non-hydrogen) atoms. The first-order chi connectivity index (χ1) is 4.77. The zero-order valence-electron chi connectivity index (χ0n) is 7.48. The van der Waals surface area contributed by atoms with Gasteiger partial charge in [0.05, 0.1) is 0 Å². The van der Waals surface area contributed by atoms with E-state index in [1.165, 1.54) is 31.3 Å². The fraction of sp³-hybridized carbons (Fsp3) is 0.700. The molecule has 0 unspecified atom stereocenters. The molecule has 1 radical (unpaired) electrons. The predicted molar refractivity (Wildman–Crippen MR) is 47.9 cm³/mol. The van der Waals surface area contributed by atoms with Crippen LogP contribution < -0.4 is 0 Å². The van der Waals surface area contributed by atoms with Crippen molar-refractivity contribution in [3.05, 3.63) is 18.1 Å². The summed E-state index contributed by atoms with van der Waals surface area (Å²) in [7, 11) is 0. The molecule has 0 rings (SSSR count). The molecule has 0 N–H and O–H groups in total. The molecule has 0 nitrogen and oxygen atoms in total. The minimum absolute atomic E-state index is 1.26. The summed E-state index contributed by atoms with van der Waals surface area (Å²) in [4.78, 5) is 0. The lowest BCUT2D eigenvalue weighted by Gasteiger charge is -1.94. The van der Waals surface area contributed by atoms with Crippen LogP contribution in [0.5, 0.6) is 0 Å². The number of hydrogen-bond donors (Lipinski definition) is 0. The van der Waals surface area contributed by atoms with Gasteiger partial charge in [-0.05, 0) is 33.1 Å². The van der Waals surface area contributed by atoms with E-state index in [0.29, 0.717) is 0 Å². The molecule has 0 spiro atoms. The van der Waals surface area contributed by atoms with Gasteiger partial charge in [0.1, 0.15) is 0 Å². The zero-order chi connectivity index (χ0) is 7.82. The molecule has 0 aromatic heterocycles. The summed E-state index contributed by atoms with van der Waals surface area (Å²) in [5, 5.41) is 0. The Balaban J connectivity index is 2.98. The molecule has 0 bridgehead atoms. The highest BCUT2D eigenvalue weighted by atomic mass is 13.9. The van der Waals surface area contributed by atoms with E-state index in [1.54, 1.807) is 0 Å². The maximum absolute atomic E-state index is 2.32. The molecule has 0 aliphatic carbocycles.